The lowest BCUT2D eigenvalue weighted by Gasteiger charge is -2.25. The Morgan fingerprint density at radius 1 is 1.14 bits per heavy atom. The van der Waals surface area contributed by atoms with E-state index in [1.807, 2.05) is 0 Å². The molecule has 1 fully saturated rings. The Morgan fingerprint density at radius 2 is 1.82 bits per heavy atom. The number of nitro benzene ring substituents is 2. The number of hydrogen-bond acceptors (Lipinski definition) is 6. The maximum absolute atomic E-state index is 11.9. The monoisotopic (exact) mass is 309 g/mol. The van der Waals surface area contributed by atoms with Crippen molar-refractivity contribution in [1.82, 2.24) is 4.90 Å². The number of rotatable bonds is 4. The van der Waals surface area contributed by atoms with Gasteiger partial charge in [0, 0.05) is 19.2 Å². The molecule has 1 aromatic rings. The zero-order chi connectivity index (χ0) is 16.1. The quantitative estimate of drug-likeness (QED) is 0.623. The first kappa shape index (κ1) is 15.7. The molecule has 0 atom stereocenters. The molecule has 9 nitrogen and oxygen atoms in total. The van der Waals surface area contributed by atoms with Crippen molar-refractivity contribution in [1.29, 1.82) is 0 Å². The summed E-state index contributed by atoms with van der Waals surface area (Å²) in [6.45, 7) is 0.937. The highest BCUT2D eigenvalue weighted by Gasteiger charge is 2.22. The number of piperidine rings is 1. The number of likely N-dealkylation sites (tertiary alicyclic amines) is 1. The number of ether oxygens (including phenoxy) is 1. The molecule has 0 spiro atoms. The fraction of sp³-hybridized carbons (Fsp3) is 0.462. The summed E-state index contributed by atoms with van der Waals surface area (Å²) in [6.07, 6.45) is 2.37. The maximum Gasteiger partial charge on any atom is 0.410 e. The summed E-state index contributed by atoms with van der Waals surface area (Å²) in [7, 11) is 0. The molecule has 0 bridgehead atoms. The predicted octanol–water partition coefficient (Wildman–Crippen LogP) is 2.63. The smallest absolute Gasteiger partial charge is 0.410 e. The van der Waals surface area contributed by atoms with Gasteiger partial charge in [0.1, 0.15) is 6.61 Å². The average molecular weight is 309 g/mol. The third-order valence-electron chi connectivity index (χ3n) is 3.44. The van der Waals surface area contributed by atoms with Crippen LogP contribution in [0.1, 0.15) is 24.8 Å². The van der Waals surface area contributed by atoms with Crippen LogP contribution in [0.3, 0.4) is 0 Å². The Labute approximate surface area is 125 Å². The number of hydrogen-bond donors (Lipinski definition) is 0. The van der Waals surface area contributed by atoms with Gasteiger partial charge in [0.15, 0.2) is 0 Å². The second-order valence-corrected chi connectivity index (χ2v) is 4.93. The molecule has 2 rings (SSSR count). The van der Waals surface area contributed by atoms with Crippen LogP contribution in [0.5, 0.6) is 0 Å². The van der Waals surface area contributed by atoms with Crippen molar-refractivity contribution < 1.29 is 19.4 Å². The highest BCUT2D eigenvalue weighted by molar-refractivity contribution is 5.68. The van der Waals surface area contributed by atoms with Crippen LogP contribution in [-0.4, -0.2) is 33.9 Å². The molecule has 1 aliphatic heterocycles. The van der Waals surface area contributed by atoms with Gasteiger partial charge in [-0.25, -0.2) is 4.79 Å². The van der Waals surface area contributed by atoms with E-state index in [1.54, 1.807) is 4.90 Å². The highest BCUT2D eigenvalue weighted by atomic mass is 16.6. The summed E-state index contributed by atoms with van der Waals surface area (Å²) in [4.78, 5) is 33.6. The molecule has 1 aliphatic rings. The summed E-state index contributed by atoms with van der Waals surface area (Å²) in [5, 5.41) is 21.6. The molecule has 118 valence electrons. The van der Waals surface area contributed by atoms with E-state index in [0.29, 0.717) is 13.1 Å². The van der Waals surface area contributed by atoms with E-state index >= 15 is 0 Å². The van der Waals surface area contributed by atoms with E-state index in [4.69, 9.17) is 4.74 Å². The molecule has 1 amide bonds. The van der Waals surface area contributed by atoms with Gasteiger partial charge in [0.25, 0.3) is 11.4 Å². The van der Waals surface area contributed by atoms with Crippen molar-refractivity contribution in [2.45, 2.75) is 25.9 Å². The third-order valence-corrected chi connectivity index (χ3v) is 3.44. The Kier molecular flexibility index (Phi) is 4.87. The summed E-state index contributed by atoms with van der Waals surface area (Å²) >= 11 is 0. The van der Waals surface area contributed by atoms with E-state index in [1.165, 1.54) is 6.07 Å². The number of carbonyl (C=O) groups is 1. The minimum absolute atomic E-state index is 0.126. The molecule has 9 heteroatoms. The van der Waals surface area contributed by atoms with Crippen LogP contribution in [0.15, 0.2) is 18.2 Å². The molecule has 0 aliphatic carbocycles. The van der Waals surface area contributed by atoms with Crippen molar-refractivity contribution >= 4 is 17.5 Å². The SMILES string of the molecule is O=C(OCc1ccc([N+](=O)[O-])cc1[N+](=O)[O-])N1CCCCC1. The van der Waals surface area contributed by atoms with Crippen LogP contribution in [0.4, 0.5) is 16.2 Å². The van der Waals surface area contributed by atoms with Gasteiger partial charge in [0.05, 0.1) is 21.5 Å². The van der Waals surface area contributed by atoms with Crippen molar-refractivity contribution in [3.8, 4) is 0 Å². The lowest BCUT2D eigenvalue weighted by molar-refractivity contribution is -0.394. The Morgan fingerprint density at radius 3 is 2.41 bits per heavy atom. The molecule has 1 heterocycles. The minimum Gasteiger partial charge on any atom is -0.444 e. The van der Waals surface area contributed by atoms with Crippen LogP contribution in [-0.2, 0) is 11.3 Å². The molecular formula is C13H15N3O6. The van der Waals surface area contributed by atoms with E-state index < -0.39 is 21.6 Å². The standard InChI is InChI=1S/C13H15N3O6/c17-13(14-6-2-1-3-7-14)22-9-10-4-5-11(15(18)19)8-12(10)16(20)21/h4-5,8H,1-3,6-7,9H2. The fourth-order valence-corrected chi connectivity index (χ4v) is 2.27. The Balaban J connectivity index is 2.07. The Bertz CT molecular complexity index is 597. The number of nitro groups is 2. The van der Waals surface area contributed by atoms with E-state index in [2.05, 4.69) is 0 Å². The molecule has 1 aromatic carbocycles. The van der Waals surface area contributed by atoms with Crippen LogP contribution in [0.2, 0.25) is 0 Å². The summed E-state index contributed by atoms with van der Waals surface area (Å²) < 4.78 is 5.07. The van der Waals surface area contributed by atoms with Gasteiger partial charge in [-0.05, 0) is 25.3 Å². The van der Waals surface area contributed by atoms with E-state index in [0.717, 1.165) is 31.4 Å². The molecule has 0 N–H and O–H groups in total. The van der Waals surface area contributed by atoms with Crippen molar-refractivity contribution in [3.05, 3.63) is 44.0 Å². The van der Waals surface area contributed by atoms with Crippen LogP contribution >= 0.6 is 0 Å². The van der Waals surface area contributed by atoms with Crippen LogP contribution in [0.25, 0.3) is 0 Å². The molecule has 0 unspecified atom stereocenters. The first-order valence-corrected chi connectivity index (χ1v) is 6.82. The highest BCUT2D eigenvalue weighted by Crippen LogP contribution is 2.25. The normalized spacial score (nSPS) is 14.5. The number of non-ortho nitro benzene ring substituents is 1. The zero-order valence-electron chi connectivity index (χ0n) is 11.8. The van der Waals surface area contributed by atoms with Crippen molar-refractivity contribution in [3.63, 3.8) is 0 Å². The second kappa shape index (κ2) is 6.83. The predicted molar refractivity (Wildman–Crippen MR) is 75.4 cm³/mol. The molecule has 1 saturated heterocycles. The topological polar surface area (TPSA) is 116 Å². The van der Waals surface area contributed by atoms with Gasteiger partial charge in [0.2, 0.25) is 0 Å². The fourth-order valence-electron chi connectivity index (χ4n) is 2.27. The number of amides is 1. The van der Waals surface area contributed by atoms with E-state index in [9.17, 15) is 25.0 Å². The van der Waals surface area contributed by atoms with Crippen LogP contribution < -0.4 is 0 Å². The van der Waals surface area contributed by atoms with Gasteiger partial charge in [-0.1, -0.05) is 0 Å². The summed E-state index contributed by atoms with van der Waals surface area (Å²) in [6, 6.07) is 3.25. The second-order valence-electron chi connectivity index (χ2n) is 4.93. The number of benzene rings is 1. The average Bonchev–Trinajstić information content (AvgIpc) is 2.53. The lowest BCUT2D eigenvalue weighted by atomic mass is 10.1. The van der Waals surface area contributed by atoms with Gasteiger partial charge in [-0.3, -0.25) is 20.2 Å². The molecule has 0 radical (unpaired) electrons. The first-order chi connectivity index (χ1) is 10.5. The zero-order valence-corrected chi connectivity index (χ0v) is 11.8. The number of nitrogens with zero attached hydrogens (tertiary/aromatic N) is 3. The largest absolute Gasteiger partial charge is 0.444 e. The Hall–Kier alpha value is -2.71. The van der Waals surface area contributed by atoms with Crippen molar-refractivity contribution in [2.24, 2.45) is 0 Å². The van der Waals surface area contributed by atoms with Gasteiger partial charge < -0.3 is 9.64 Å². The molecule has 0 saturated carbocycles. The summed E-state index contributed by atoms with van der Waals surface area (Å²) in [5.74, 6) is 0. The van der Waals surface area contributed by atoms with Crippen LogP contribution in [0, 0.1) is 20.2 Å². The van der Waals surface area contributed by atoms with Gasteiger partial charge in [-0.2, -0.15) is 0 Å². The van der Waals surface area contributed by atoms with Gasteiger partial charge >= 0.3 is 6.09 Å². The van der Waals surface area contributed by atoms with Gasteiger partial charge in [-0.15, -0.1) is 0 Å². The molecular weight excluding hydrogens is 294 g/mol. The summed E-state index contributed by atoms with van der Waals surface area (Å²) in [5.41, 5.74) is -0.681. The first-order valence-electron chi connectivity index (χ1n) is 6.82. The van der Waals surface area contributed by atoms with E-state index in [-0.39, 0.29) is 17.9 Å². The molecule has 22 heavy (non-hydrogen) atoms. The third kappa shape index (κ3) is 3.68. The van der Waals surface area contributed by atoms with Crippen molar-refractivity contribution in [2.75, 3.05) is 13.1 Å². The number of carbonyl (C=O) groups excluding carboxylic acids is 1. The molecule has 0 aromatic heterocycles. The lowest BCUT2D eigenvalue weighted by Crippen LogP contribution is -2.35. The minimum atomic E-state index is -0.725. The maximum atomic E-state index is 11.9.